The number of methoxy groups -OCH3 is 1. The van der Waals surface area contributed by atoms with E-state index in [-0.39, 0.29) is 25.3 Å². The molecule has 0 fully saturated rings. The summed E-state index contributed by atoms with van der Waals surface area (Å²) >= 11 is 0. The molecule has 1 amide bonds. The molecule has 3 N–H and O–H groups in total. The number of rotatable bonds is 9. The van der Waals surface area contributed by atoms with Crippen molar-refractivity contribution in [2.24, 2.45) is 0 Å². The van der Waals surface area contributed by atoms with Gasteiger partial charge in [0, 0.05) is 11.8 Å². The van der Waals surface area contributed by atoms with Gasteiger partial charge in [0.1, 0.15) is 18.1 Å². The Morgan fingerprint density at radius 3 is 2.69 bits per heavy atom. The summed E-state index contributed by atoms with van der Waals surface area (Å²) < 4.78 is 17.4. The summed E-state index contributed by atoms with van der Waals surface area (Å²) in [6.45, 7) is 1.88. The first kappa shape index (κ1) is 25.6. The number of hydrogen-bond donors (Lipinski definition) is 3. The van der Waals surface area contributed by atoms with Crippen LogP contribution in [0.15, 0.2) is 60.8 Å². The minimum atomic E-state index is -1.04. The Balaban J connectivity index is 1.56. The highest BCUT2D eigenvalue weighted by Gasteiger charge is 2.24. The van der Waals surface area contributed by atoms with Crippen LogP contribution in [0.5, 0.6) is 11.5 Å². The molecule has 4 aromatic rings. The summed E-state index contributed by atoms with van der Waals surface area (Å²) in [7, 11) is 1.29. The van der Waals surface area contributed by atoms with Gasteiger partial charge < -0.3 is 30.0 Å². The molecular formula is C28H26N4O7. The summed E-state index contributed by atoms with van der Waals surface area (Å²) in [5.74, 6) is -0.395. The van der Waals surface area contributed by atoms with E-state index in [0.717, 1.165) is 5.56 Å². The van der Waals surface area contributed by atoms with Gasteiger partial charge >= 0.3 is 11.9 Å². The fraction of sp³-hybridized carbons (Fsp3) is 0.214. The fourth-order valence-corrected chi connectivity index (χ4v) is 4.44. The lowest BCUT2D eigenvalue weighted by Crippen LogP contribution is -2.30. The molecule has 1 aliphatic heterocycles. The molecule has 0 aliphatic carbocycles. The van der Waals surface area contributed by atoms with Crippen LogP contribution in [0.3, 0.4) is 0 Å². The standard InChI is InChI=1S/C28H26N4O7/c1-16-5-3-6-17(11-16)20(13-23(33)34)30-28(36)19-7-4-10-32-26(19)31-25(27(32)29-14-24(35)37-2)18-8-9-21-22(12-18)39-15-38-21/h3-12,20,29H,13-15H2,1-2H3,(H,30,36)(H,33,34). The Morgan fingerprint density at radius 1 is 1.10 bits per heavy atom. The van der Waals surface area contributed by atoms with Crippen LogP contribution in [0, 0.1) is 6.92 Å². The molecule has 11 nitrogen and oxygen atoms in total. The number of imidazole rings is 1. The number of nitrogens with one attached hydrogen (secondary N) is 2. The smallest absolute Gasteiger partial charge is 0.325 e. The van der Waals surface area contributed by atoms with E-state index < -0.39 is 23.9 Å². The predicted octanol–water partition coefficient (Wildman–Crippen LogP) is 3.57. The number of carboxylic acid groups (broad SMARTS) is 1. The average molecular weight is 531 g/mol. The van der Waals surface area contributed by atoms with E-state index in [0.29, 0.717) is 39.8 Å². The van der Waals surface area contributed by atoms with E-state index >= 15 is 0 Å². The number of pyridine rings is 1. The molecule has 0 radical (unpaired) electrons. The van der Waals surface area contributed by atoms with Gasteiger partial charge in [-0.15, -0.1) is 0 Å². The third-order valence-corrected chi connectivity index (χ3v) is 6.30. The summed E-state index contributed by atoms with van der Waals surface area (Å²) in [6, 6.07) is 15.2. The Kier molecular flexibility index (Phi) is 7.04. The monoisotopic (exact) mass is 530 g/mol. The normalized spacial score (nSPS) is 12.7. The average Bonchev–Trinajstić information content (AvgIpc) is 3.55. The van der Waals surface area contributed by atoms with E-state index in [4.69, 9.17) is 19.2 Å². The number of nitrogens with zero attached hydrogens (tertiary/aromatic N) is 2. The summed E-state index contributed by atoms with van der Waals surface area (Å²) in [4.78, 5) is 41.8. The lowest BCUT2D eigenvalue weighted by molar-refractivity contribution is -0.139. The zero-order chi connectivity index (χ0) is 27.5. The zero-order valence-electron chi connectivity index (χ0n) is 21.3. The molecule has 11 heteroatoms. The number of carboxylic acids is 1. The lowest BCUT2D eigenvalue weighted by atomic mass is 10.0. The maximum absolute atomic E-state index is 13.5. The quantitative estimate of drug-likeness (QED) is 0.277. The molecular weight excluding hydrogens is 504 g/mol. The van der Waals surface area contributed by atoms with Gasteiger partial charge in [-0.3, -0.25) is 18.8 Å². The number of carbonyl (C=O) groups is 3. The second-order valence-electron chi connectivity index (χ2n) is 8.96. The highest BCUT2D eigenvalue weighted by atomic mass is 16.7. The largest absolute Gasteiger partial charge is 0.481 e. The molecule has 1 unspecified atom stereocenters. The number of hydrogen-bond acceptors (Lipinski definition) is 8. The topological polar surface area (TPSA) is 140 Å². The highest BCUT2D eigenvalue weighted by Crippen LogP contribution is 2.38. The summed E-state index contributed by atoms with van der Waals surface area (Å²) in [6.07, 6.45) is 1.42. The number of ether oxygens (including phenoxy) is 3. The van der Waals surface area contributed by atoms with Crippen molar-refractivity contribution in [1.29, 1.82) is 0 Å². The first-order chi connectivity index (χ1) is 18.8. The van der Waals surface area contributed by atoms with Gasteiger partial charge in [-0.2, -0.15) is 0 Å². The first-order valence-electron chi connectivity index (χ1n) is 12.1. The van der Waals surface area contributed by atoms with Crippen molar-refractivity contribution in [2.75, 3.05) is 25.8 Å². The van der Waals surface area contributed by atoms with Crippen molar-refractivity contribution in [1.82, 2.24) is 14.7 Å². The van der Waals surface area contributed by atoms with Crippen molar-refractivity contribution >= 4 is 29.3 Å². The molecule has 0 saturated heterocycles. The maximum Gasteiger partial charge on any atom is 0.325 e. The minimum absolute atomic E-state index is 0.111. The maximum atomic E-state index is 13.5. The Hall–Kier alpha value is -5.06. The SMILES string of the molecule is COC(=O)CNc1c(-c2ccc3c(c2)OCO3)nc2c(C(=O)NC(CC(=O)O)c3cccc(C)c3)cccn12. The van der Waals surface area contributed by atoms with Crippen LogP contribution in [0.1, 0.15) is 33.9 Å². The molecule has 0 saturated carbocycles. The van der Waals surface area contributed by atoms with E-state index in [1.807, 2.05) is 25.1 Å². The number of fused-ring (bicyclic) bond motifs is 2. The van der Waals surface area contributed by atoms with Gasteiger partial charge in [-0.05, 0) is 42.8 Å². The lowest BCUT2D eigenvalue weighted by Gasteiger charge is -2.18. The van der Waals surface area contributed by atoms with Crippen molar-refractivity contribution in [3.8, 4) is 22.8 Å². The van der Waals surface area contributed by atoms with Crippen LogP contribution in [0.25, 0.3) is 16.9 Å². The number of carbonyl (C=O) groups excluding carboxylic acids is 2. The first-order valence-corrected chi connectivity index (χ1v) is 12.1. The molecule has 0 bridgehead atoms. The van der Waals surface area contributed by atoms with Crippen molar-refractivity contribution in [3.05, 3.63) is 77.5 Å². The molecule has 1 atom stereocenters. The van der Waals surface area contributed by atoms with Crippen LogP contribution in [-0.4, -0.2) is 52.8 Å². The number of aliphatic carboxylic acids is 1. The van der Waals surface area contributed by atoms with E-state index in [9.17, 15) is 19.5 Å². The second kappa shape index (κ2) is 10.7. The third kappa shape index (κ3) is 5.33. The summed E-state index contributed by atoms with van der Waals surface area (Å²) in [5, 5.41) is 15.4. The molecule has 200 valence electrons. The number of aromatic nitrogens is 2. The number of esters is 1. The van der Waals surface area contributed by atoms with Crippen molar-refractivity contribution in [3.63, 3.8) is 0 Å². The van der Waals surface area contributed by atoms with E-state index in [2.05, 4.69) is 10.6 Å². The van der Waals surface area contributed by atoms with E-state index in [1.165, 1.54) is 7.11 Å². The Morgan fingerprint density at radius 2 is 1.92 bits per heavy atom. The molecule has 5 rings (SSSR count). The van der Waals surface area contributed by atoms with Gasteiger partial charge in [0.2, 0.25) is 6.79 Å². The predicted molar refractivity (Wildman–Crippen MR) is 141 cm³/mol. The van der Waals surface area contributed by atoms with Crippen LogP contribution in [0.2, 0.25) is 0 Å². The van der Waals surface area contributed by atoms with Crippen LogP contribution < -0.4 is 20.1 Å². The van der Waals surface area contributed by atoms with Gasteiger partial charge in [-0.1, -0.05) is 29.8 Å². The van der Waals surface area contributed by atoms with Gasteiger partial charge in [-0.25, -0.2) is 4.98 Å². The van der Waals surface area contributed by atoms with Crippen LogP contribution >= 0.6 is 0 Å². The van der Waals surface area contributed by atoms with Gasteiger partial charge in [0.15, 0.2) is 17.1 Å². The van der Waals surface area contributed by atoms with Gasteiger partial charge in [0.05, 0.1) is 25.1 Å². The van der Waals surface area contributed by atoms with Crippen molar-refractivity contribution in [2.45, 2.75) is 19.4 Å². The molecule has 2 aromatic carbocycles. The summed E-state index contributed by atoms with van der Waals surface area (Å²) in [5.41, 5.74) is 3.31. The highest BCUT2D eigenvalue weighted by molar-refractivity contribution is 6.01. The molecule has 3 heterocycles. The molecule has 2 aromatic heterocycles. The Labute approximate surface area is 223 Å². The van der Waals surface area contributed by atoms with Gasteiger partial charge in [0.25, 0.3) is 5.91 Å². The molecule has 39 heavy (non-hydrogen) atoms. The van der Waals surface area contributed by atoms with E-state index in [1.54, 1.807) is 47.0 Å². The number of aryl methyl sites for hydroxylation is 1. The molecule has 1 aliphatic rings. The Bertz CT molecular complexity index is 1580. The fourth-order valence-electron chi connectivity index (χ4n) is 4.44. The second-order valence-corrected chi connectivity index (χ2v) is 8.96. The molecule has 0 spiro atoms. The number of benzene rings is 2. The third-order valence-electron chi connectivity index (χ3n) is 6.30. The van der Waals surface area contributed by atoms with Crippen LogP contribution in [0.4, 0.5) is 5.82 Å². The van der Waals surface area contributed by atoms with Crippen LogP contribution in [-0.2, 0) is 14.3 Å². The number of anilines is 1. The van der Waals surface area contributed by atoms with Crippen molar-refractivity contribution < 1.29 is 33.7 Å². The zero-order valence-corrected chi connectivity index (χ0v) is 21.3. The minimum Gasteiger partial charge on any atom is -0.481 e. The number of amides is 1.